The van der Waals surface area contributed by atoms with Gasteiger partial charge in [0.05, 0.1) is 0 Å². The molecule has 146 valence electrons. The highest BCUT2D eigenvalue weighted by Crippen LogP contribution is 2.30. The van der Waals surface area contributed by atoms with Gasteiger partial charge in [0.25, 0.3) is 0 Å². The Morgan fingerprint density at radius 2 is 1.78 bits per heavy atom. The van der Waals surface area contributed by atoms with Gasteiger partial charge in [0.1, 0.15) is 11.4 Å². The van der Waals surface area contributed by atoms with E-state index in [4.69, 9.17) is 4.74 Å². The molecule has 0 bridgehead atoms. The second-order valence-corrected chi connectivity index (χ2v) is 9.70. The summed E-state index contributed by atoms with van der Waals surface area (Å²) in [5.74, 6) is 1.28. The number of rotatable bonds is 3. The number of nitrogens with zero attached hydrogens (tertiary/aromatic N) is 2. The van der Waals surface area contributed by atoms with E-state index >= 15 is 0 Å². The highest BCUT2D eigenvalue weighted by atomic mass is 16.6. The van der Waals surface area contributed by atoms with Gasteiger partial charge in [-0.15, -0.1) is 0 Å². The van der Waals surface area contributed by atoms with Gasteiger partial charge in [-0.2, -0.15) is 0 Å². The number of aromatic amines is 1. The molecule has 1 aromatic heterocycles. The Morgan fingerprint density at radius 1 is 1.15 bits per heavy atom. The zero-order valence-electron chi connectivity index (χ0n) is 17.3. The normalized spacial score (nSPS) is 15.6. The van der Waals surface area contributed by atoms with Crippen molar-refractivity contribution in [1.82, 2.24) is 14.9 Å². The van der Waals surface area contributed by atoms with Crippen molar-refractivity contribution in [2.75, 3.05) is 13.1 Å². The number of hydrogen-bond donors (Lipinski definition) is 1. The first-order valence-electron chi connectivity index (χ1n) is 9.62. The number of imidazole rings is 1. The highest BCUT2D eigenvalue weighted by Gasteiger charge is 2.34. The van der Waals surface area contributed by atoms with Crippen LogP contribution in [0.1, 0.15) is 58.7 Å². The number of ether oxygens (including phenoxy) is 1. The summed E-state index contributed by atoms with van der Waals surface area (Å²) in [6, 6.07) is 8.48. The molecule has 5 nitrogen and oxygen atoms in total. The van der Waals surface area contributed by atoms with Crippen molar-refractivity contribution in [2.45, 2.75) is 59.5 Å². The molecule has 27 heavy (non-hydrogen) atoms. The van der Waals surface area contributed by atoms with E-state index in [0.29, 0.717) is 19.0 Å². The van der Waals surface area contributed by atoms with E-state index in [0.717, 1.165) is 23.5 Å². The van der Waals surface area contributed by atoms with Crippen molar-refractivity contribution >= 4 is 6.09 Å². The molecular formula is C22H31N3O2. The minimum Gasteiger partial charge on any atom is -0.444 e. The van der Waals surface area contributed by atoms with Crippen molar-refractivity contribution in [3.05, 3.63) is 41.7 Å². The molecule has 3 rings (SSSR count). The van der Waals surface area contributed by atoms with Crippen LogP contribution in [0.25, 0.3) is 11.4 Å². The zero-order chi connectivity index (χ0) is 19.8. The van der Waals surface area contributed by atoms with Crippen LogP contribution in [0.5, 0.6) is 0 Å². The lowest BCUT2D eigenvalue weighted by molar-refractivity contribution is 0.00819. The number of H-pyrrole nitrogens is 1. The minimum atomic E-state index is -0.446. The van der Waals surface area contributed by atoms with Crippen molar-refractivity contribution in [3.8, 4) is 11.4 Å². The molecule has 0 aliphatic carbocycles. The van der Waals surface area contributed by atoms with E-state index in [1.165, 1.54) is 5.56 Å². The molecule has 1 fully saturated rings. The molecule has 1 saturated heterocycles. The predicted molar refractivity (Wildman–Crippen MR) is 108 cm³/mol. The third-order valence-corrected chi connectivity index (χ3v) is 4.54. The molecule has 0 radical (unpaired) electrons. The molecule has 0 spiro atoms. The molecular weight excluding hydrogens is 338 g/mol. The van der Waals surface area contributed by atoms with Crippen molar-refractivity contribution in [2.24, 2.45) is 5.41 Å². The number of aromatic nitrogens is 2. The average molecular weight is 370 g/mol. The second-order valence-electron chi connectivity index (χ2n) is 9.70. The van der Waals surface area contributed by atoms with Gasteiger partial charge in [-0.25, -0.2) is 9.78 Å². The Morgan fingerprint density at radius 3 is 2.33 bits per heavy atom. The summed E-state index contributed by atoms with van der Waals surface area (Å²) in [6.45, 7) is 13.8. The Bertz CT molecular complexity index is 788. The maximum atomic E-state index is 12.0. The van der Waals surface area contributed by atoms with Crippen molar-refractivity contribution < 1.29 is 9.53 Å². The van der Waals surface area contributed by atoms with E-state index in [1.54, 1.807) is 4.90 Å². The average Bonchev–Trinajstić information content (AvgIpc) is 2.90. The van der Waals surface area contributed by atoms with Gasteiger partial charge < -0.3 is 14.6 Å². The zero-order valence-corrected chi connectivity index (χ0v) is 17.3. The van der Waals surface area contributed by atoms with Gasteiger partial charge in [-0.1, -0.05) is 45.0 Å². The minimum absolute atomic E-state index is 0.225. The lowest BCUT2D eigenvalue weighted by Crippen LogP contribution is -2.50. The van der Waals surface area contributed by atoms with Crippen LogP contribution in [-0.2, 0) is 11.2 Å². The van der Waals surface area contributed by atoms with Gasteiger partial charge in [0.2, 0.25) is 0 Å². The second kappa shape index (κ2) is 7.02. The Kier molecular flexibility index (Phi) is 5.06. The van der Waals surface area contributed by atoms with Crippen molar-refractivity contribution in [1.29, 1.82) is 0 Å². The third-order valence-electron chi connectivity index (χ3n) is 4.54. The first-order valence-corrected chi connectivity index (χ1v) is 9.62. The predicted octanol–water partition coefficient (Wildman–Crippen LogP) is 5.00. The fraction of sp³-hybridized carbons (Fsp3) is 0.545. The topological polar surface area (TPSA) is 58.2 Å². The first-order chi connectivity index (χ1) is 12.5. The van der Waals surface area contributed by atoms with Gasteiger partial charge >= 0.3 is 6.09 Å². The number of amides is 1. The number of carbonyl (C=O) groups excluding carboxylic acids is 1. The Labute approximate surface area is 162 Å². The number of nitrogens with one attached hydrogen (secondary N) is 1. The summed E-state index contributed by atoms with van der Waals surface area (Å²) in [6.07, 6.45) is 2.68. The summed E-state index contributed by atoms with van der Waals surface area (Å²) in [5, 5.41) is 0. The molecule has 1 aliphatic heterocycles. The lowest BCUT2D eigenvalue weighted by Gasteiger charge is -2.40. The fourth-order valence-electron chi connectivity index (χ4n) is 3.25. The summed E-state index contributed by atoms with van der Waals surface area (Å²) < 4.78 is 5.41. The number of hydrogen-bond acceptors (Lipinski definition) is 3. The molecule has 0 saturated carbocycles. The Balaban J connectivity index is 1.58. The SMILES string of the molecule is CC(C)(C)Cc1cnc(-c2ccc(C3CN(C(=O)OC(C)(C)C)C3)cc2)[nH]1. The van der Waals surface area contributed by atoms with Crippen molar-refractivity contribution in [3.63, 3.8) is 0 Å². The lowest BCUT2D eigenvalue weighted by atomic mass is 9.91. The van der Waals surface area contributed by atoms with Crippen LogP contribution < -0.4 is 0 Å². The standard InChI is InChI=1S/C22H31N3O2/c1-21(2,3)11-18-12-23-19(24-18)16-9-7-15(8-10-16)17-13-25(14-17)20(26)27-22(4,5)6/h7-10,12,17H,11,13-14H2,1-6H3,(H,23,24). The molecule has 2 aromatic rings. The van der Waals surface area contributed by atoms with E-state index in [1.807, 2.05) is 27.0 Å². The van der Waals surface area contributed by atoms with Gasteiger partial charge in [0, 0.05) is 36.5 Å². The largest absolute Gasteiger partial charge is 0.444 e. The summed E-state index contributed by atoms with van der Waals surface area (Å²) in [7, 11) is 0. The molecule has 0 atom stereocenters. The van der Waals surface area contributed by atoms with Crippen LogP contribution in [0.4, 0.5) is 4.79 Å². The first kappa shape index (κ1) is 19.5. The van der Waals surface area contributed by atoms with Crippen LogP contribution in [0.2, 0.25) is 0 Å². The monoisotopic (exact) mass is 369 g/mol. The highest BCUT2D eigenvalue weighted by molar-refractivity contribution is 5.69. The molecule has 1 amide bonds. The molecule has 1 aliphatic rings. The summed E-state index contributed by atoms with van der Waals surface area (Å²) in [4.78, 5) is 21.8. The molecule has 1 N–H and O–H groups in total. The fourth-order valence-corrected chi connectivity index (χ4v) is 3.25. The number of likely N-dealkylation sites (tertiary alicyclic amines) is 1. The van der Waals surface area contributed by atoms with E-state index in [2.05, 4.69) is 55.0 Å². The van der Waals surface area contributed by atoms with Crippen LogP contribution in [0.15, 0.2) is 30.5 Å². The molecule has 0 unspecified atom stereocenters. The van der Waals surface area contributed by atoms with Crippen LogP contribution in [0.3, 0.4) is 0 Å². The van der Waals surface area contributed by atoms with Gasteiger partial charge in [-0.3, -0.25) is 0 Å². The maximum absolute atomic E-state index is 12.0. The quantitative estimate of drug-likeness (QED) is 0.828. The number of benzene rings is 1. The van der Waals surface area contributed by atoms with E-state index in [9.17, 15) is 4.79 Å². The van der Waals surface area contributed by atoms with Crippen LogP contribution in [-0.4, -0.2) is 39.7 Å². The smallest absolute Gasteiger partial charge is 0.410 e. The van der Waals surface area contributed by atoms with Gasteiger partial charge in [-0.05, 0) is 38.2 Å². The van der Waals surface area contributed by atoms with Gasteiger partial charge in [0.15, 0.2) is 0 Å². The van der Waals surface area contributed by atoms with E-state index < -0.39 is 5.60 Å². The molecule has 2 heterocycles. The van der Waals surface area contributed by atoms with Crippen LogP contribution >= 0.6 is 0 Å². The molecule has 5 heteroatoms. The summed E-state index contributed by atoms with van der Waals surface area (Å²) in [5.41, 5.74) is 3.28. The van der Waals surface area contributed by atoms with E-state index in [-0.39, 0.29) is 11.5 Å². The third kappa shape index (κ3) is 5.12. The summed E-state index contributed by atoms with van der Waals surface area (Å²) >= 11 is 0. The molecule has 1 aromatic carbocycles. The maximum Gasteiger partial charge on any atom is 0.410 e. The number of carbonyl (C=O) groups is 1. The Hall–Kier alpha value is -2.30. The van der Waals surface area contributed by atoms with Crippen LogP contribution in [0, 0.1) is 5.41 Å².